The maximum Gasteiger partial charge on any atom is 0.140 e. The van der Waals surface area contributed by atoms with Gasteiger partial charge in [-0.3, -0.25) is 0 Å². The molecule has 4 nitrogen and oxygen atoms in total. The molecular formula is C9H16N4. The van der Waals surface area contributed by atoms with Crippen LogP contribution in [0.5, 0.6) is 0 Å². The largest absolute Gasteiger partial charge is 0.384 e. The van der Waals surface area contributed by atoms with E-state index in [0.717, 1.165) is 12.2 Å². The maximum absolute atomic E-state index is 5.19. The smallest absolute Gasteiger partial charge is 0.140 e. The van der Waals surface area contributed by atoms with Crippen molar-refractivity contribution in [1.29, 1.82) is 0 Å². The Labute approximate surface area is 78.5 Å². The standard InChI is InChI=1S/C9H16N4/c1-7(2)5-11-8-3-4-9(13-10)12-6-8/h3-4,6-7,11H,5,10H2,1-2H3,(H,12,13). The molecule has 0 unspecified atom stereocenters. The second kappa shape index (κ2) is 4.67. The van der Waals surface area contributed by atoms with E-state index in [1.54, 1.807) is 6.20 Å². The summed E-state index contributed by atoms with van der Waals surface area (Å²) in [5.41, 5.74) is 3.50. The quantitative estimate of drug-likeness (QED) is 0.484. The topological polar surface area (TPSA) is 63.0 Å². The number of nitrogens with one attached hydrogen (secondary N) is 2. The van der Waals surface area contributed by atoms with Crippen LogP contribution >= 0.6 is 0 Å². The zero-order chi connectivity index (χ0) is 9.68. The molecule has 13 heavy (non-hydrogen) atoms. The molecule has 1 heterocycles. The average molecular weight is 180 g/mol. The number of aromatic nitrogens is 1. The van der Waals surface area contributed by atoms with Gasteiger partial charge in [-0.15, -0.1) is 0 Å². The third-order valence-electron chi connectivity index (χ3n) is 1.63. The van der Waals surface area contributed by atoms with Crippen LogP contribution in [0.3, 0.4) is 0 Å². The first-order chi connectivity index (χ1) is 6.22. The molecule has 0 aromatic carbocycles. The number of hydrazine groups is 1. The van der Waals surface area contributed by atoms with Crippen LogP contribution in [-0.4, -0.2) is 11.5 Å². The lowest BCUT2D eigenvalue weighted by Crippen LogP contribution is -2.10. The third kappa shape index (κ3) is 3.29. The lowest BCUT2D eigenvalue weighted by Gasteiger charge is -2.08. The number of nitrogen functional groups attached to an aromatic ring is 1. The van der Waals surface area contributed by atoms with Crippen molar-refractivity contribution in [2.24, 2.45) is 11.8 Å². The number of hydrogen-bond donors (Lipinski definition) is 3. The molecule has 0 amide bonds. The summed E-state index contributed by atoms with van der Waals surface area (Å²) >= 11 is 0. The molecule has 0 saturated heterocycles. The van der Waals surface area contributed by atoms with Crippen LogP contribution in [0.1, 0.15) is 13.8 Å². The van der Waals surface area contributed by atoms with Gasteiger partial charge < -0.3 is 10.7 Å². The summed E-state index contributed by atoms with van der Waals surface area (Å²) in [6, 6.07) is 3.78. The molecule has 0 fully saturated rings. The number of nitrogens with two attached hydrogens (primary N) is 1. The molecule has 0 aliphatic rings. The molecule has 0 radical (unpaired) electrons. The SMILES string of the molecule is CC(C)CNc1ccc(NN)nc1. The van der Waals surface area contributed by atoms with E-state index in [0.29, 0.717) is 11.7 Å². The van der Waals surface area contributed by atoms with Crippen molar-refractivity contribution >= 4 is 11.5 Å². The Bertz CT molecular complexity index is 242. The van der Waals surface area contributed by atoms with Crippen LogP contribution in [0.15, 0.2) is 18.3 Å². The van der Waals surface area contributed by atoms with Crippen LogP contribution in [-0.2, 0) is 0 Å². The molecule has 72 valence electrons. The molecule has 0 aliphatic heterocycles. The highest BCUT2D eigenvalue weighted by molar-refractivity contribution is 5.46. The van der Waals surface area contributed by atoms with E-state index < -0.39 is 0 Å². The van der Waals surface area contributed by atoms with E-state index >= 15 is 0 Å². The monoisotopic (exact) mass is 180 g/mol. The van der Waals surface area contributed by atoms with Crippen LogP contribution in [0.2, 0.25) is 0 Å². The van der Waals surface area contributed by atoms with Gasteiger partial charge in [-0.1, -0.05) is 13.8 Å². The van der Waals surface area contributed by atoms with Crippen LogP contribution in [0.25, 0.3) is 0 Å². The van der Waals surface area contributed by atoms with Crippen LogP contribution in [0, 0.1) is 5.92 Å². The van der Waals surface area contributed by atoms with E-state index in [2.05, 4.69) is 29.6 Å². The van der Waals surface area contributed by atoms with E-state index in [1.165, 1.54) is 0 Å². The van der Waals surface area contributed by atoms with Gasteiger partial charge in [-0.2, -0.15) is 0 Å². The molecule has 1 rings (SSSR count). The Morgan fingerprint density at radius 1 is 1.46 bits per heavy atom. The zero-order valence-electron chi connectivity index (χ0n) is 8.04. The summed E-state index contributed by atoms with van der Waals surface area (Å²) in [6.45, 7) is 5.28. The van der Waals surface area contributed by atoms with Crippen LogP contribution in [0.4, 0.5) is 11.5 Å². The van der Waals surface area contributed by atoms with Crippen molar-refractivity contribution in [1.82, 2.24) is 4.98 Å². The minimum absolute atomic E-state index is 0.632. The fourth-order valence-corrected chi connectivity index (χ4v) is 0.906. The minimum atomic E-state index is 0.632. The number of nitrogens with zero attached hydrogens (tertiary/aromatic N) is 1. The Hall–Kier alpha value is -1.29. The van der Waals surface area contributed by atoms with E-state index in [-0.39, 0.29) is 0 Å². The first-order valence-corrected chi connectivity index (χ1v) is 4.39. The maximum atomic E-state index is 5.19. The summed E-state index contributed by atoms with van der Waals surface area (Å²) in [6.07, 6.45) is 1.76. The highest BCUT2D eigenvalue weighted by Crippen LogP contribution is 2.08. The predicted octanol–water partition coefficient (Wildman–Crippen LogP) is 1.44. The highest BCUT2D eigenvalue weighted by Gasteiger charge is 1.95. The number of anilines is 2. The molecule has 0 spiro atoms. The first-order valence-electron chi connectivity index (χ1n) is 4.39. The molecule has 4 N–H and O–H groups in total. The number of rotatable bonds is 4. The van der Waals surface area contributed by atoms with Gasteiger partial charge in [0.25, 0.3) is 0 Å². The highest BCUT2D eigenvalue weighted by atomic mass is 15.2. The number of pyridine rings is 1. The summed E-state index contributed by atoms with van der Waals surface area (Å²) in [4.78, 5) is 4.08. The fourth-order valence-electron chi connectivity index (χ4n) is 0.906. The summed E-state index contributed by atoms with van der Waals surface area (Å²) in [5.74, 6) is 6.50. The van der Waals surface area contributed by atoms with Gasteiger partial charge in [0, 0.05) is 6.54 Å². The second-order valence-electron chi connectivity index (χ2n) is 3.35. The summed E-state index contributed by atoms with van der Waals surface area (Å²) in [5, 5.41) is 3.26. The van der Waals surface area contributed by atoms with Crippen molar-refractivity contribution in [3.8, 4) is 0 Å². The van der Waals surface area contributed by atoms with Crippen molar-refractivity contribution < 1.29 is 0 Å². The van der Waals surface area contributed by atoms with Crippen molar-refractivity contribution in [2.75, 3.05) is 17.3 Å². The van der Waals surface area contributed by atoms with Gasteiger partial charge in [0.15, 0.2) is 0 Å². The molecule has 0 saturated carbocycles. The molecule has 0 bridgehead atoms. The lowest BCUT2D eigenvalue weighted by molar-refractivity contribution is 0.688. The summed E-state index contributed by atoms with van der Waals surface area (Å²) in [7, 11) is 0. The normalized spacial score (nSPS) is 10.2. The molecule has 1 aromatic rings. The van der Waals surface area contributed by atoms with Gasteiger partial charge >= 0.3 is 0 Å². The van der Waals surface area contributed by atoms with Gasteiger partial charge in [0.1, 0.15) is 5.82 Å². The molecule has 4 heteroatoms. The Balaban J connectivity index is 2.49. The Morgan fingerprint density at radius 2 is 2.23 bits per heavy atom. The Morgan fingerprint density at radius 3 is 2.69 bits per heavy atom. The van der Waals surface area contributed by atoms with E-state index in [4.69, 9.17) is 5.84 Å². The van der Waals surface area contributed by atoms with E-state index in [1.807, 2.05) is 12.1 Å². The molecule has 0 atom stereocenters. The van der Waals surface area contributed by atoms with E-state index in [9.17, 15) is 0 Å². The Kier molecular flexibility index (Phi) is 3.52. The average Bonchev–Trinajstić information content (AvgIpc) is 2.15. The zero-order valence-corrected chi connectivity index (χ0v) is 8.04. The fraction of sp³-hybridized carbons (Fsp3) is 0.444. The van der Waals surface area contributed by atoms with Crippen LogP contribution < -0.4 is 16.6 Å². The van der Waals surface area contributed by atoms with Crippen molar-refractivity contribution in [3.05, 3.63) is 18.3 Å². The van der Waals surface area contributed by atoms with Gasteiger partial charge in [-0.05, 0) is 18.1 Å². The minimum Gasteiger partial charge on any atom is -0.384 e. The second-order valence-corrected chi connectivity index (χ2v) is 3.35. The predicted molar refractivity (Wildman–Crippen MR) is 55.4 cm³/mol. The molecule has 1 aromatic heterocycles. The summed E-state index contributed by atoms with van der Waals surface area (Å²) < 4.78 is 0. The van der Waals surface area contributed by atoms with Gasteiger partial charge in [-0.25, -0.2) is 10.8 Å². The van der Waals surface area contributed by atoms with Crippen molar-refractivity contribution in [2.45, 2.75) is 13.8 Å². The van der Waals surface area contributed by atoms with Crippen molar-refractivity contribution in [3.63, 3.8) is 0 Å². The van der Waals surface area contributed by atoms with Gasteiger partial charge in [0.05, 0.1) is 11.9 Å². The third-order valence-corrected chi connectivity index (χ3v) is 1.63. The van der Waals surface area contributed by atoms with Gasteiger partial charge in [0.2, 0.25) is 0 Å². The lowest BCUT2D eigenvalue weighted by atomic mass is 10.2. The molecular weight excluding hydrogens is 164 g/mol. The number of hydrogen-bond acceptors (Lipinski definition) is 4. The molecule has 0 aliphatic carbocycles. The first kappa shape index (κ1) is 9.80.